The van der Waals surface area contributed by atoms with Crippen LogP contribution in [0.25, 0.3) is 0 Å². The lowest BCUT2D eigenvalue weighted by atomic mass is 9.86. The number of likely N-dealkylation sites (N-methyl/N-ethyl adjacent to an activating group) is 1. The standard InChI is InChI=1S/C17H30N2O/c1-6-19(11-12-20-5)13-16(18)14-7-9-15(10-8-14)17(2,3)4/h7-10,16H,6,11-13,18H2,1-5H3. The highest BCUT2D eigenvalue weighted by molar-refractivity contribution is 5.29. The average Bonchev–Trinajstić information content (AvgIpc) is 2.42. The fraction of sp³-hybridized carbons (Fsp3) is 0.647. The molecule has 2 N–H and O–H groups in total. The third kappa shape index (κ3) is 5.23. The summed E-state index contributed by atoms with van der Waals surface area (Å²) in [4.78, 5) is 2.33. The van der Waals surface area contributed by atoms with E-state index < -0.39 is 0 Å². The zero-order chi connectivity index (χ0) is 15.2. The predicted octanol–water partition coefficient (Wildman–Crippen LogP) is 2.95. The Morgan fingerprint density at radius 1 is 1.20 bits per heavy atom. The fourth-order valence-corrected chi connectivity index (χ4v) is 2.21. The zero-order valence-electron chi connectivity index (χ0n) is 13.6. The van der Waals surface area contributed by atoms with Crippen molar-refractivity contribution in [3.63, 3.8) is 0 Å². The van der Waals surface area contributed by atoms with Crippen molar-refractivity contribution in [2.45, 2.75) is 39.2 Å². The van der Waals surface area contributed by atoms with E-state index in [2.05, 4.69) is 56.9 Å². The molecule has 0 heterocycles. The number of rotatable bonds is 7. The Labute approximate surface area is 124 Å². The molecule has 3 nitrogen and oxygen atoms in total. The fourth-order valence-electron chi connectivity index (χ4n) is 2.21. The monoisotopic (exact) mass is 278 g/mol. The van der Waals surface area contributed by atoms with E-state index in [9.17, 15) is 0 Å². The second-order valence-corrected chi connectivity index (χ2v) is 6.36. The Hall–Kier alpha value is -0.900. The second-order valence-electron chi connectivity index (χ2n) is 6.36. The Morgan fingerprint density at radius 2 is 1.80 bits per heavy atom. The Bertz CT molecular complexity index is 381. The largest absolute Gasteiger partial charge is 0.383 e. The van der Waals surface area contributed by atoms with E-state index in [1.54, 1.807) is 7.11 Å². The number of nitrogens with two attached hydrogens (primary N) is 1. The van der Waals surface area contributed by atoms with Crippen LogP contribution in [0.1, 0.15) is 44.9 Å². The molecule has 20 heavy (non-hydrogen) atoms. The molecule has 0 radical (unpaired) electrons. The van der Waals surface area contributed by atoms with Crippen LogP contribution < -0.4 is 5.73 Å². The topological polar surface area (TPSA) is 38.5 Å². The van der Waals surface area contributed by atoms with Crippen LogP contribution in [0, 0.1) is 0 Å². The molecule has 3 heteroatoms. The van der Waals surface area contributed by atoms with E-state index in [0.717, 1.165) is 26.2 Å². The Morgan fingerprint density at radius 3 is 2.25 bits per heavy atom. The van der Waals surface area contributed by atoms with E-state index in [1.165, 1.54) is 11.1 Å². The quantitative estimate of drug-likeness (QED) is 0.833. The first-order valence-electron chi connectivity index (χ1n) is 7.45. The molecular weight excluding hydrogens is 248 g/mol. The zero-order valence-corrected chi connectivity index (χ0v) is 13.6. The van der Waals surface area contributed by atoms with Crippen molar-refractivity contribution in [3.05, 3.63) is 35.4 Å². The van der Waals surface area contributed by atoms with Crippen LogP contribution in [0.15, 0.2) is 24.3 Å². The van der Waals surface area contributed by atoms with Crippen LogP contribution in [-0.4, -0.2) is 38.3 Å². The van der Waals surface area contributed by atoms with Gasteiger partial charge in [0.05, 0.1) is 6.61 Å². The predicted molar refractivity (Wildman–Crippen MR) is 86.1 cm³/mol. The van der Waals surface area contributed by atoms with Crippen LogP contribution in [0.4, 0.5) is 0 Å². The summed E-state index contributed by atoms with van der Waals surface area (Å²) in [6.45, 7) is 12.4. The van der Waals surface area contributed by atoms with E-state index >= 15 is 0 Å². The number of ether oxygens (including phenoxy) is 1. The van der Waals surface area contributed by atoms with Crippen LogP contribution in [0.3, 0.4) is 0 Å². The molecule has 0 fully saturated rings. The van der Waals surface area contributed by atoms with Crippen molar-refractivity contribution in [2.75, 3.05) is 33.4 Å². The van der Waals surface area contributed by atoms with Crippen molar-refractivity contribution in [1.29, 1.82) is 0 Å². The number of hydrogen-bond donors (Lipinski definition) is 1. The summed E-state index contributed by atoms with van der Waals surface area (Å²) in [5.74, 6) is 0. The summed E-state index contributed by atoms with van der Waals surface area (Å²) < 4.78 is 5.13. The third-order valence-corrected chi connectivity index (χ3v) is 3.72. The van der Waals surface area contributed by atoms with Gasteiger partial charge in [0.2, 0.25) is 0 Å². The van der Waals surface area contributed by atoms with Gasteiger partial charge in [0.1, 0.15) is 0 Å². The lowest BCUT2D eigenvalue weighted by Gasteiger charge is -2.25. The van der Waals surface area contributed by atoms with Crippen molar-refractivity contribution >= 4 is 0 Å². The molecule has 0 amide bonds. The van der Waals surface area contributed by atoms with Crippen molar-refractivity contribution < 1.29 is 4.74 Å². The van der Waals surface area contributed by atoms with Gasteiger partial charge in [-0.3, -0.25) is 4.90 Å². The van der Waals surface area contributed by atoms with E-state index in [1.807, 2.05) is 0 Å². The molecule has 0 saturated heterocycles. The summed E-state index contributed by atoms with van der Waals surface area (Å²) in [7, 11) is 1.74. The van der Waals surface area contributed by atoms with Gasteiger partial charge in [0, 0.05) is 26.2 Å². The number of nitrogens with zero attached hydrogens (tertiary/aromatic N) is 1. The Balaban J connectivity index is 2.65. The molecule has 0 spiro atoms. The molecule has 114 valence electrons. The second kappa shape index (κ2) is 7.77. The van der Waals surface area contributed by atoms with Crippen molar-refractivity contribution in [3.8, 4) is 0 Å². The summed E-state index contributed by atoms with van der Waals surface area (Å²) in [5, 5.41) is 0. The minimum Gasteiger partial charge on any atom is -0.383 e. The van der Waals surface area contributed by atoms with Gasteiger partial charge in [-0.2, -0.15) is 0 Å². The highest BCUT2D eigenvalue weighted by atomic mass is 16.5. The van der Waals surface area contributed by atoms with Crippen LogP contribution in [0.5, 0.6) is 0 Å². The van der Waals surface area contributed by atoms with Crippen LogP contribution in [-0.2, 0) is 10.2 Å². The molecule has 0 bridgehead atoms. The van der Waals surface area contributed by atoms with E-state index in [0.29, 0.717) is 0 Å². The first-order valence-corrected chi connectivity index (χ1v) is 7.45. The van der Waals surface area contributed by atoms with Gasteiger partial charge in [-0.15, -0.1) is 0 Å². The SMILES string of the molecule is CCN(CCOC)CC(N)c1ccc(C(C)(C)C)cc1. The molecule has 1 aromatic carbocycles. The molecule has 1 atom stereocenters. The molecule has 0 aliphatic rings. The van der Waals surface area contributed by atoms with Gasteiger partial charge in [0.25, 0.3) is 0 Å². The molecule has 0 aromatic heterocycles. The maximum absolute atomic E-state index is 6.32. The summed E-state index contributed by atoms with van der Waals surface area (Å²) in [6, 6.07) is 8.77. The van der Waals surface area contributed by atoms with E-state index in [-0.39, 0.29) is 11.5 Å². The molecule has 0 saturated carbocycles. The van der Waals surface area contributed by atoms with Crippen molar-refractivity contribution in [2.24, 2.45) is 5.73 Å². The highest BCUT2D eigenvalue weighted by Crippen LogP contribution is 2.23. The van der Waals surface area contributed by atoms with Crippen LogP contribution in [0.2, 0.25) is 0 Å². The summed E-state index contributed by atoms with van der Waals surface area (Å²) >= 11 is 0. The molecule has 0 aliphatic heterocycles. The summed E-state index contributed by atoms with van der Waals surface area (Å²) in [5.41, 5.74) is 9.06. The number of methoxy groups -OCH3 is 1. The maximum Gasteiger partial charge on any atom is 0.0589 e. The first kappa shape index (κ1) is 17.2. The average molecular weight is 278 g/mol. The van der Waals surface area contributed by atoms with Gasteiger partial charge >= 0.3 is 0 Å². The van der Waals surface area contributed by atoms with Gasteiger partial charge in [-0.05, 0) is 23.1 Å². The highest BCUT2D eigenvalue weighted by Gasteiger charge is 2.15. The van der Waals surface area contributed by atoms with Crippen LogP contribution >= 0.6 is 0 Å². The third-order valence-electron chi connectivity index (χ3n) is 3.72. The lowest BCUT2D eigenvalue weighted by molar-refractivity contribution is 0.147. The molecule has 1 aromatic rings. The van der Waals surface area contributed by atoms with Gasteiger partial charge < -0.3 is 10.5 Å². The minimum absolute atomic E-state index is 0.0563. The van der Waals surface area contributed by atoms with E-state index in [4.69, 9.17) is 10.5 Å². The molecular formula is C17H30N2O. The first-order chi connectivity index (χ1) is 9.38. The minimum atomic E-state index is 0.0563. The normalized spacial score (nSPS) is 13.8. The molecule has 1 unspecified atom stereocenters. The number of benzene rings is 1. The smallest absolute Gasteiger partial charge is 0.0589 e. The molecule has 1 rings (SSSR count). The maximum atomic E-state index is 6.32. The van der Waals surface area contributed by atoms with Gasteiger partial charge in [-0.25, -0.2) is 0 Å². The van der Waals surface area contributed by atoms with Gasteiger partial charge in [0.15, 0.2) is 0 Å². The van der Waals surface area contributed by atoms with Crippen molar-refractivity contribution in [1.82, 2.24) is 4.90 Å². The lowest BCUT2D eigenvalue weighted by Crippen LogP contribution is -2.34. The molecule has 0 aliphatic carbocycles. The Kier molecular flexibility index (Phi) is 6.66. The number of hydrogen-bond acceptors (Lipinski definition) is 3. The summed E-state index contributed by atoms with van der Waals surface area (Å²) in [6.07, 6.45) is 0. The van der Waals surface area contributed by atoms with Gasteiger partial charge in [-0.1, -0.05) is 52.0 Å².